The average molecular weight is 219 g/mol. The number of hydrogen-bond acceptors (Lipinski definition) is 4. The summed E-state index contributed by atoms with van der Waals surface area (Å²) in [6, 6.07) is 4.80. The standard InChI is InChI=1S/C10H9N3O3/c11-3-7-5-13(7)4-6-1-2-8(10(15)16)12-9(6)14/h1-2,7H,4-5H2,(H,12,14)(H,15,16). The summed E-state index contributed by atoms with van der Waals surface area (Å²) in [5, 5.41) is 17.2. The zero-order valence-corrected chi connectivity index (χ0v) is 8.30. The van der Waals surface area contributed by atoms with Gasteiger partial charge in [-0.1, -0.05) is 0 Å². The Kier molecular flexibility index (Phi) is 2.46. The molecule has 6 heteroatoms. The number of nitrogens with one attached hydrogen (secondary N) is 1. The summed E-state index contributed by atoms with van der Waals surface area (Å²) in [5.74, 6) is -1.16. The fourth-order valence-electron chi connectivity index (χ4n) is 1.44. The molecule has 1 aromatic heterocycles. The van der Waals surface area contributed by atoms with Gasteiger partial charge in [0.05, 0.1) is 6.07 Å². The van der Waals surface area contributed by atoms with Crippen molar-refractivity contribution in [3.05, 3.63) is 33.7 Å². The van der Waals surface area contributed by atoms with Gasteiger partial charge in [0.1, 0.15) is 11.7 Å². The molecule has 1 aliphatic heterocycles. The molecule has 0 radical (unpaired) electrons. The highest BCUT2D eigenvalue weighted by molar-refractivity contribution is 5.85. The lowest BCUT2D eigenvalue weighted by atomic mass is 10.2. The van der Waals surface area contributed by atoms with E-state index in [1.54, 1.807) is 0 Å². The highest BCUT2D eigenvalue weighted by Crippen LogP contribution is 2.18. The topological polar surface area (TPSA) is 97.0 Å². The zero-order chi connectivity index (χ0) is 11.7. The van der Waals surface area contributed by atoms with Gasteiger partial charge in [-0.05, 0) is 12.1 Å². The van der Waals surface area contributed by atoms with E-state index >= 15 is 0 Å². The number of rotatable bonds is 3. The molecule has 1 aliphatic rings. The molecule has 2 unspecified atom stereocenters. The molecule has 0 aliphatic carbocycles. The zero-order valence-electron chi connectivity index (χ0n) is 8.30. The Hall–Kier alpha value is -2.13. The SMILES string of the molecule is N#CC1CN1Cc1ccc(C(=O)O)[nH]c1=O. The summed E-state index contributed by atoms with van der Waals surface area (Å²) in [5.41, 5.74) is -0.0670. The second kappa shape index (κ2) is 3.79. The molecule has 2 rings (SSSR count). The second-order valence-electron chi connectivity index (χ2n) is 3.61. The first kappa shape index (κ1) is 10.4. The van der Waals surface area contributed by atoms with E-state index in [1.165, 1.54) is 12.1 Å². The summed E-state index contributed by atoms with van der Waals surface area (Å²) in [6.45, 7) is 1.05. The molecule has 0 aromatic carbocycles. The number of carboxylic acids is 1. The molecule has 0 spiro atoms. The normalized spacial score (nSPS) is 22.4. The number of aromatic amines is 1. The van der Waals surface area contributed by atoms with Crippen LogP contribution in [0.25, 0.3) is 0 Å². The molecule has 1 fully saturated rings. The van der Waals surface area contributed by atoms with Crippen molar-refractivity contribution in [3.63, 3.8) is 0 Å². The van der Waals surface area contributed by atoms with Crippen LogP contribution in [0.2, 0.25) is 0 Å². The Morgan fingerprint density at radius 2 is 2.44 bits per heavy atom. The van der Waals surface area contributed by atoms with Crippen LogP contribution in [0.5, 0.6) is 0 Å². The maximum Gasteiger partial charge on any atom is 0.352 e. The predicted octanol–water partition coefficient (Wildman–Crippen LogP) is -0.219. The van der Waals surface area contributed by atoms with Crippen LogP contribution < -0.4 is 5.56 Å². The third kappa shape index (κ3) is 1.94. The van der Waals surface area contributed by atoms with Crippen molar-refractivity contribution in [2.75, 3.05) is 6.54 Å². The van der Waals surface area contributed by atoms with Crippen molar-refractivity contribution >= 4 is 5.97 Å². The molecule has 2 atom stereocenters. The lowest BCUT2D eigenvalue weighted by Gasteiger charge is -2.01. The van der Waals surface area contributed by atoms with Crippen LogP contribution in [0.1, 0.15) is 16.1 Å². The maximum atomic E-state index is 11.5. The fourth-order valence-corrected chi connectivity index (χ4v) is 1.44. The Morgan fingerprint density at radius 3 is 2.94 bits per heavy atom. The van der Waals surface area contributed by atoms with Gasteiger partial charge in [-0.3, -0.25) is 9.69 Å². The number of nitrogens with zero attached hydrogens (tertiary/aromatic N) is 2. The number of H-pyrrole nitrogens is 1. The van der Waals surface area contributed by atoms with Gasteiger partial charge in [0.2, 0.25) is 0 Å². The first-order valence-electron chi connectivity index (χ1n) is 4.71. The lowest BCUT2D eigenvalue weighted by Crippen LogP contribution is -2.19. The number of carbonyl (C=O) groups is 1. The van der Waals surface area contributed by atoms with Gasteiger partial charge in [0, 0.05) is 18.7 Å². The molecular formula is C10H9N3O3. The molecule has 0 amide bonds. The second-order valence-corrected chi connectivity index (χ2v) is 3.61. The van der Waals surface area contributed by atoms with E-state index in [0.717, 1.165) is 0 Å². The van der Waals surface area contributed by atoms with Gasteiger partial charge in [0.25, 0.3) is 5.56 Å². The van der Waals surface area contributed by atoms with E-state index < -0.39 is 11.5 Å². The highest BCUT2D eigenvalue weighted by Gasteiger charge is 2.34. The van der Waals surface area contributed by atoms with Crippen LogP contribution in [0, 0.1) is 11.3 Å². The van der Waals surface area contributed by atoms with Crippen molar-refractivity contribution in [1.82, 2.24) is 9.88 Å². The van der Waals surface area contributed by atoms with Crippen molar-refractivity contribution in [2.24, 2.45) is 0 Å². The number of pyridine rings is 1. The van der Waals surface area contributed by atoms with Gasteiger partial charge in [-0.25, -0.2) is 4.79 Å². The van der Waals surface area contributed by atoms with Crippen molar-refractivity contribution < 1.29 is 9.90 Å². The predicted molar refractivity (Wildman–Crippen MR) is 53.8 cm³/mol. The summed E-state index contributed by atoms with van der Waals surface area (Å²) in [4.78, 5) is 26.1. The average Bonchev–Trinajstić information content (AvgIpc) is 2.99. The van der Waals surface area contributed by atoms with Gasteiger partial charge < -0.3 is 10.1 Å². The molecule has 0 bridgehead atoms. The van der Waals surface area contributed by atoms with Crippen LogP contribution in [-0.4, -0.2) is 33.5 Å². The summed E-state index contributed by atoms with van der Waals surface area (Å²) >= 11 is 0. The van der Waals surface area contributed by atoms with Crippen LogP contribution >= 0.6 is 0 Å². The Labute approximate surface area is 90.7 Å². The molecule has 82 valence electrons. The van der Waals surface area contributed by atoms with Crippen molar-refractivity contribution in [3.8, 4) is 6.07 Å². The third-order valence-corrected chi connectivity index (χ3v) is 2.46. The molecule has 2 N–H and O–H groups in total. The molecule has 1 aromatic rings. The van der Waals surface area contributed by atoms with Crippen LogP contribution in [-0.2, 0) is 6.54 Å². The van der Waals surface area contributed by atoms with Crippen molar-refractivity contribution in [2.45, 2.75) is 12.6 Å². The highest BCUT2D eigenvalue weighted by atomic mass is 16.4. The van der Waals surface area contributed by atoms with E-state index in [1.807, 2.05) is 4.90 Å². The minimum absolute atomic E-state index is 0.112. The first-order chi connectivity index (χ1) is 7.61. The molecule has 0 saturated carbocycles. The van der Waals surface area contributed by atoms with E-state index in [9.17, 15) is 9.59 Å². The number of aromatic carboxylic acids is 1. The quantitative estimate of drug-likeness (QED) is 0.685. The Bertz CT molecular complexity index is 529. The Balaban J connectivity index is 2.15. The fraction of sp³-hybridized carbons (Fsp3) is 0.300. The maximum absolute atomic E-state index is 11.5. The van der Waals surface area contributed by atoms with Gasteiger partial charge >= 0.3 is 5.97 Å². The van der Waals surface area contributed by atoms with E-state index in [2.05, 4.69) is 11.1 Å². The lowest BCUT2D eigenvalue weighted by molar-refractivity contribution is 0.0690. The largest absolute Gasteiger partial charge is 0.477 e. The van der Waals surface area contributed by atoms with Crippen LogP contribution in [0.3, 0.4) is 0 Å². The van der Waals surface area contributed by atoms with E-state index in [4.69, 9.17) is 10.4 Å². The Morgan fingerprint density at radius 1 is 1.69 bits per heavy atom. The number of aromatic nitrogens is 1. The number of hydrogen-bond donors (Lipinski definition) is 2. The molecule has 2 heterocycles. The molecule has 6 nitrogen and oxygen atoms in total. The molecular weight excluding hydrogens is 210 g/mol. The van der Waals surface area contributed by atoms with Gasteiger partial charge in [0.15, 0.2) is 0 Å². The summed E-state index contributed by atoms with van der Waals surface area (Å²) in [7, 11) is 0. The summed E-state index contributed by atoms with van der Waals surface area (Å²) in [6.07, 6.45) is 0. The number of nitriles is 1. The molecule has 1 saturated heterocycles. The van der Waals surface area contributed by atoms with Gasteiger partial charge in [-0.2, -0.15) is 5.26 Å². The van der Waals surface area contributed by atoms with Crippen LogP contribution in [0.4, 0.5) is 0 Å². The van der Waals surface area contributed by atoms with E-state index in [0.29, 0.717) is 18.7 Å². The minimum Gasteiger partial charge on any atom is -0.477 e. The van der Waals surface area contributed by atoms with Crippen molar-refractivity contribution in [1.29, 1.82) is 5.26 Å². The minimum atomic E-state index is -1.16. The first-order valence-corrected chi connectivity index (χ1v) is 4.71. The molecule has 16 heavy (non-hydrogen) atoms. The number of carboxylic acid groups (broad SMARTS) is 1. The smallest absolute Gasteiger partial charge is 0.352 e. The third-order valence-electron chi connectivity index (χ3n) is 2.46. The monoisotopic (exact) mass is 219 g/mol. The van der Waals surface area contributed by atoms with E-state index in [-0.39, 0.29) is 11.7 Å². The summed E-state index contributed by atoms with van der Waals surface area (Å²) < 4.78 is 0. The van der Waals surface area contributed by atoms with Crippen LogP contribution in [0.15, 0.2) is 16.9 Å². The van der Waals surface area contributed by atoms with Gasteiger partial charge in [-0.15, -0.1) is 0 Å².